The average molecular weight is 424 g/mol. The maximum absolute atomic E-state index is 13.1. The molecular formula is C23H22FN3O2S. The first-order valence-corrected chi connectivity index (χ1v) is 10.7. The summed E-state index contributed by atoms with van der Waals surface area (Å²) in [5.41, 5.74) is 2.76. The van der Waals surface area contributed by atoms with Crippen molar-refractivity contribution in [2.45, 2.75) is 19.4 Å². The molecule has 1 fully saturated rings. The Labute approximate surface area is 178 Å². The monoisotopic (exact) mass is 423 g/mol. The van der Waals surface area contributed by atoms with E-state index >= 15 is 0 Å². The van der Waals surface area contributed by atoms with Crippen LogP contribution < -0.4 is 15.5 Å². The summed E-state index contributed by atoms with van der Waals surface area (Å²) in [6.45, 7) is 2.10. The number of carbonyl (C=O) groups excluding carboxylic acids is 2. The molecule has 1 saturated heterocycles. The highest BCUT2D eigenvalue weighted by molar-refractivity contribution is 7.12. The number of nitrogens with one attached hydrogen (secondary N) is 2. The van der Waals surface area contributed by atoms with E-state index in [1.807, 2.05) is 23.6 Å². The first kappa shape index (κ1) is 20.1. The normalized spacial score (nSPS) is 13.3. The number of thiophene rings is 1. The van der Waals surface area contributed by atoms with Crippen molar-refractivity contribution < 1.29 is 14.0 Å². The summed E-state index contributed by atoms with van der Waals surface area (Å²) in [5.74, 6) is -0.736. The van der Waals surface area contributed by atoms with Gasteiger partial charge in [-0.15, -0.1) is 11.3 Å². The molecule has 0 spiro atoms. The molecule has 1 aliphatic rings. The predicted molar refractivity (Wildman–Crippen MR) is 118 cm³/mol. The molecule has 3 aromatic rings. The molecule has 0 unspecified atom stereocenters. The maximum atomic E-state index is 13.1. The van der Waals surface area contributed by atoms with Crippen LogP contribution >= 0.6 is 11.3 Å². The lowest BCUT2D eigenvalue weighted by Gasteiger charge is -2.22. The van der Waals surface area contributed by atoms with Crippen LogP contribution in [0.15, 0.2) is 60.0 Å². The first-order valence-electron chi connectivity index (χ1n) is 9.86. The highest BCUT2D eigenvalue weighted by Gasteiger charge is 2.20. The number of halogens is 1. The fraction of sp³-hybridized carbons (Fsp3) is 0.217. The van der Waals surface area contributed by atoms with E-state index in [2.05, 4.69) is 15.5 Å². The van der Waals surface area contributed by atoms with E-state index < -0.39 is 0 Å². The number of hydrogen-bond acceptors (Lipinski definition) is 4. The third kappa shape index (κ3) is 4.68. The first-order chi connectivity index (χ1) is 14.6. The highest BCUT2D eigenvalue weighted by atomic mass is 32.1. The summed E-state index contributed by atoms with van der Waals surface area (Å²) in [6, 6.07) is 15.1. The number of anilines is 2. The number of nitrogens with zero attached hydrogens (tertiary/aromatic N) is 1. The van der Waals surface area contributed by atoms with Gasteiger partial charge in [-0.1, -0.05) is 18.2 Å². The zero-order valence-electron chi connectivity index (χ0n) is 16.4. The van der Waals surface area contributed by atoms with Gasteiger partial charge in [0.25, 0.3) is 11.8 Å². The second-order valence-electron chi connectivity index (χ2n) is 7.17. The SMILES string of the molecule is O=C(Nc1ccc(N2CCCC2)c(C(=O)NCc2ccc(F)cc2)c1)c1cccs1. The van der Waals surface area contributed by atoms with Crippen molar-refractivity contribution in [1.29, 1.82) is 0 Å². The van der Waals surface area contributed by atoms with Crippen molar-refractivity contribution in [1.82, 2.24) is 5.32 Å². The van der Waals surface area contributed by atoms with Crippen LogP contribution in [0, 0.1) is 5.82 Å². The third-order valence-corrected chi connectivity index (χ3v) is 5.93. The van der Waals surface area contributed by atoms with Gasteiger partial charge in [0.15, 0.2) is 0 Å². The zero-order chi connectivity index (χ0) is 20.9. The average Bonchev–Trinajstić information content (AvgIpc) is 3.47. The Morgan fingerprint density at radius 1 is 1.00 bits per heavy atom. The number of rotatable bonds is 6. The Balaban J connectivity index is 1.55. The molecule has 2 amide bonds. The summed E-state index contributed by atoms with van der Waals surface area (Å²) in [7, 11) is 0. The van der Waals surface area contributed by atoms with Gasteiger partial charge in [-0.3, -0.25) is 9.59 Å². The molecule has 154 valence electrons. The maximum Gasteiger partial charge on any atom is 0.265 e. The number of hydrogen-bond donors (Lipinski definition) is 2. The van der Waals surface area contributed by atoms with Crippen molar-refractivity contribution in [3.63, 3.8) is 0 Å². The second kappa shape index (κ2) is 9.09. The van der Waals surface area contributed by atoms with Gasteiger partial charge in [0, 0.05) is 31.0 Å². The van der Waals surface area contributed by atoms with Crippen molar-refractivity contribution in [2.24, 2.45) is 0 Å². The van der Waals surface area contributed by atoms with Crippen LogP contribution in [0.2, 0.25) is 0 Å². The molecule has 0 radical (unpaired) electrons. The lowest BCUT2D eigenvalue weighted by Crippen LogP contribution is -2.27. The fourth-order valence-electron chi connectivity index (χ4n) is 3.51. The van der Waals surface area contributed by atoms with E-state index in [0.29, 0.717) is 22.7 Å². The molecule has 30 heavy (non-hydrogen) atoms. The van der Waals surface area contributed by atoms with Gasteiger partial charge < -0.3 is 15.5 Å². The van der Waals surface area contributed by atoms with Gasteiger partial charge >= 0.3 is 0 Å². The molecule has 0 saturated carbocycles. The molecule has 2 heterocycles. The molecule has 1 aliphatic heterocycles. The molecule has 2 aromatic carbocycles. The molecular weight excluding hydrogens is 401 g/mol. The Kier molecular flexibility index (Phi) is 6.09. The van der Waals surface area contributed by atoms with Crippen LogP contribution in [0.25, 0.3) is 0 Å². The lowest BCUT2D eigenvalue weighted by molar-refractivity contribution is 0.0950. The summed E-state index contributed by atoms with van der Waals surface area (Å²) in [5, 5.41) is 7.62. The fourth-order valence-corrected chi connectivity index (χ4v) is 4.13. The van der Waals surface area contributed by atoms with E-state index in [4.69, 9.17) is 0 Å². The molecule has 0 aliphatic carbocycles. The van der Waals surface area contributed by atoms with Crippen LogP contribution in [0.3, 0.4) is 0 Å². The number of amides is 2. The minimum atomic E-state index is -0.310. The Bertz CT molecular complexity index is 1030. The van der Waals surface area contributed by atoms with Crippen molar-refractivity contribution in [2.75, 3.05) is 23.3 Å². The van der Waals surface area contributed by atoms with E-state index in [1.54, 1.807) is 24.3 Å². The summed E-state index contributed by atoms with van der Waals surface area (Å²) in [6.07, 6.45) is 2.18. The van der Waals surface area contributed by atoms with Crippen molar-refractivity contribution in [3.8, 4) is 0 Å². The number of benzene rings is 2. The Hall–Kier alpha value is -3.19. The molecule has 0 atom stereocenters. The van der Waals surface area contributed by atoms with E-state index in [9.17, 15) is 14.0 Å². The number of carbonyl (C=O) groups is 2. The standard InChI is InChI=1S/C23H22FN3O2S/c24-17-7-5-16(6-8-17)15-25-22(28)19-14-18(26-23(29)21-4-3-13-30-21)9-10-20(19)27-11-1-2-12-27/h3-10,13-14H,1-2,11-12,15H2,(H,25,28)(H,26,29). The summed E-state index contributed by atoms with van der Waals surface area (Å²) < 4.78 is 13.1. The van der Waals surface area contributed by atoms with Gasteiger partial charge in [0.05, 0.1) is 10.4 Å². The van der Waals surface area contributed by atoms with Gasteiger partial charge in [-0.25, -0.2) is 4.39 Å². The molecule has 0 bridgehead atoms. The summed E-state index contributed by atoms with van der Waals surface area (Å²) >= 11 is 1.36. The van der Waals surface area contributed by atoms with Crippen molar-refractivity contribution >= 4 is 34.5 Å². The Morgan fingerprint density at radius 3 is 2.47 bits per heavy atom. The van der Waals surface area contributed by atoms with Gasteiger partial charge in [-0.2, -0.15) is 0 Å². The van der Waals surface area contributed by atoms with Gasteiger partial charge in [0.1, 0.15) is 5.82 Å². The minimum Gasteiger partial charge on any atom is -0.371 e. The Morgan fingerprint density at radius 2 is 1.77 bits per heavy atom. The van der Waals surface area contributed by atoms with Gasteiger partial charge in [-0.05, 0) is 60.2 Å². The largest absolute Gasteiger partial charge is 0.371 e. The molecule has 4 rings (SSSR count). The quantitative estimate of drug-likeness (QED) is 0.606. The summed E-state index contributed by atoms with van der Waals surface area (Å²) in [4.78, 5) is 28.2. The van der Waals surface area contributed by atoms with Crippen LogP contribution in [0.5, 0.6) is 0 Å². The van der Waals surface area contributed by atoms with E-state index in [-0.39, 0.29) is 17.6 Å². The predicted octanol–water partition coefficient (Wildman–Crippen LogP) is 4.67. The van der Waals surface area contributed by atoms with Crippen molar-refractivity contribution in [3.05, 3.63) is 81.8 Å². The van der Waals surface area contributed by atoms with Crippen LogP contribution in [-0.4, -0.2) is 24.9 Å². The second-order valence-corrected chi connectivity index (χ2v) is 8.11. The van der Waals surface area contributed by atoms with E-state index in [0.717, 1.165) is 37.2 Å². The third-order valence-electron chi connectivity index (χ3n) is 5.06. The zero-order valence-corrected chi connectivity index (χ0v) is 17.2. The molecule has 2 N–H and O–H groups in total. The molecule has 1 aromatic heterocycles. The molecule has 7 heteroatoms. The molecule has 5 nitrogen and oxygen atoms in total. The van der Waals surface area contributed by atoms with E-state index in [1.165, 1.54) is 23.5 Å². The highest BCUT2D eigenvalue weighted by Crippen LogP contribution is 2.28. The van der Waals surface area contributed by atoms with Crippen LogP contribution in [0.1, 0.15) is 38.4 Å². The van der Waals surface area contributed by atoms with Gasteiger partial charge in [0.2, 0.25) is 0 Å². The lowest BCUT2D eigenvalue weighted by atomic mass is 10.1. The van der Waals surface area contributed by atoms with Crippen LogP contribution in [0.4, 0.5) is 15.8 Å². The smallest absolute Gasteiger partial charge is 0.265 e. The minimum absolute atomic E-state index is 0.198. The van der Waals surface area contributed by atoms with Crippen LogP contribution in [-0.2, 0) is 6.54 Å². The topological polar surface area (TPSA) is 61.4 Å².